The number of nitrogens with one attached hydrogen (secondary N) is 1. The van der Waals surface area contributed by atoms with Crippen molar-refractivity contribution in [3.63, 3.8) is 0 Å². The topological polar surface area (TPSA) is 41.5 Å². The van der Waals surface area contributed by atoms with Gasteiger partial charge < -0.3 is 15.2 Å². The van der Waals surface area contributed by atoms with E-state index in [9.17, 15) is 5.11 Å². The van der Waals surface area contributed by atoms with Crippen LogP contribution >= 0.6 is 23.2 Å². The van der Waals surface area contributed by atoms with Gasteiger partial charge in [0.05, 0.1) is 5.02 Å². The molecule has 0 aromatic heterocycles. The molecule has 2 rings (SSSR count). The third kappa shape index (κ3) is 5.13. The summed E-state index contributed by atoms with van der Waals surface area (Å²) in [7, 11) is 0. The molecule has 0 heterocycles. The van der Waals surface area contributed by atoms with E-state index in [-0.39, 0.29) is 6.61 Å². The first-order valence-corrected chi connectivity index (χ1v) is 7.78. The first-order chi connectivity index (χ1) is 9.56. The lowest BCUT2D eigenvalue weighted by atomic mass is 10.1. The fraction of sp³-hybridized carbons (Fsp3) is 0.600. The van der Waals surface area contributed by atoms with E-state index in [2.05, 4.69) is 12.2 Å². The molecule has 5 heteroatoms. The average Bonchev–Trinajstić information content (AvgIpc) is 3.24. The molecule has 2 unspecified atom stereocenters. The van der Waals surface area contributed by atoms with Crippen molar-refractivity contribution in [3.05, 3.63) is 28.2 Å². The molecule has 20 heavy (non-hydrogen) atoms. The van der Waals surface area contributed by atoms with E-state index >= 15 is 0 Å². The predicted molar refractivity (Wildman–Crippen MR) is 82.7 cm³/mol. The Bertz CT molecular complexity index is 438. The fourth-order valence-corrected chi connectivity index (χ4v) is 2.48. The molecule has 2 atom stereocenters. The van der Waals surface area contributed by atoms with Crippen LogP contribution in [0.25, 0.3) is 0 Å². The van der Waals surface area contributed by atoms with E-state index in [4.69, 9.17) is 27.9 Å². The van der Waals surface area contributed by atoms with Gasteiger partial charge in [-0.15, -0.1) is 0 Å². The number of hydrogen-bond acceptors (Lipinski definition) is 3. The Labute approximate surface area is 130 Å². The fourth-order valence-electron chi connectivity index (χ4n) is 2.14. The lowest BCUT2D eigenvalue weighted by molar-refractivity contribution is 0.105. The van der Waals surface area contributed by atoms with Gasteiger partial charge in [-0.25, -0.2) is 0 Å². The summed E-state index contributed by atoms with van der Waals surface area (Å²) in [5, 5.41) is 14.2. The highest BCUT2D eigenvalue weighted by Gasteiger charge is 2.27. The van der Waals surface area contributed by atoms with Gasteiger partial charge in [0.2, 0.25) is 0 Å². The summed E-state index contributed by atoms with van der Waals surface area (Å²) >= 11 is 11.9. The van der Waals surface area contributed by atoms with Crippen LogP contribution in [0.3, 0.4) is 0 Å². The SMILES string of the molecule is CC(CNCC(O)COc1cc(Cl)ccc1Cl)C1CC1. The van der Waals surface area contributed by atoms with Gasteiger partial charge in [-0.1, -0.05) is 30.1 Å². The summed E-state index contributed by atoms with van der Waals surface area (Å²) in [6.07, 6.45) is 2.14. The normalized spacial score (nSPS) is 17.8. The molecular weight excluding hydrogens is 297 g/mol. The highest BCUT2D eigenvalue weighted by atomic mass is 35.5. The minimum Gasteiger partial charge on any atom is -0.489 e. The molecule has 0 amide bonds. The molecule has 112 valence electrons. The second-order valence-electron chi connectivity index (χ2n) is 5.51. The Hall–Kier alpha value is -0.480. The van der Waals surface area contributed by atoms with Crippen LogP contribution in [0.15, 0.2) is 18.2 Å². The van der Waals surface area contributed by atoms with Crippen LogP contribution in [-0.2, 0) is 0 Å². The third-order valence-electron chi connectivity index (χ3n) is 3.60. The predicted octanol–water partition coefficient (Wildman–Crippen LogP) is 3.37. The molecule has 0 aliphatic heterocycles. The molecule has 1 aromatic rings. The maximum atomic E-state index is 9.87. The van der Waals surface area contributed by atoms with Gasteiger partial charge in [0.25, 0.3) is 0 Å². The summed E-state index contributed by atoms with van der Waals surface area (Å²) in [6, 6.07) is 5.04. The standard InChI is InChI=1S/C15H21Cl2NO2/c1-10(11-2-3-11)7-18-8-13(19)9-20-15-6-12(16)4-5-14(15)17/h4-6,10-11,13,18-19H,2-3,7-9H2,1H3. The van der Waals surface area contributed by atoms with Crippen molar-refractivity contribution >= 4 is 23.2 Å². The number of rotatable bonds is 8. The van der Waals surface area contributed by atoms with Crippen LogP contribution in [0, 0.1) is 11.8 Å². The zero-order valence-electron chi connectivity index (χ0n) is 11.6. The largest absolute Gasteiger partial charge is 0.489 e. The van der Waals surface area contributed by atoms with Crippen molar-refractivity contribution in [3.8, 4) is 5.75 Å². The van der Waals surface area contributed by atoms with Gasteiger partial charge in [0.1, 0.15) is 18.5 Å². The minimum absolute atomic E-state index is 0.199. The molecule has 3 nitrogen and oxygen atoms in total. The Morgan fingerprint density at radius 1 is 1.35 bits per heavy atom. The van der Waals surface area contributed by atoms with Crippen molar-refractivity contribution in [1.82, 2.24) is 5.32 Å². The third-order valence-corrected chi connectivity index (χ3v) is 4.14. The number of hydrogen-bond donors (Lipinski definition) is 2. The number of benzene rings is 1. The maximum absolute atomic E-state index is 9.87. The van der Waals surface area contributed by atoms with Gasteiger partial charge in [0, 0.05) is 17.6 Å². The van der Waals surface area contributed by atoms with E-state index in [0.29, 0.717) is 28.3 Å². The Morgan fingerprint density at radius 3 is 2.80 bits per heavy atom. The van der Waals surface area contributed by atoms with Crippen LogP contribution in [0.5, 0.6) is 5.75 Å². The second kappa shape index (κ2) is 7.51. The average molecular weight is 318 g/mol. The molecule has 1 aliphatic rings. The number of halogens is 2. The molecule has 0 saturated heterocycles. The molecule has 1 fully saturated rings. The number of aliphatic hydroxyl groups is 1. The van der Waals surface area contributed by atoms with Crippen LogP contribution in [-0.4, -0.2) is 30.9 Å². The highest BCUT2D eigenvalue weighted by molar-refractivity contribution is 6.34. The molecule has 1 saturated carbocycles. The molecule has 1 aromatic carbocycles. The molecule has 2 N–H and O–H groups in total. The van der Waals surface area contributed by atoms with Gasteiger partial charge in [-0.3, -0.25) is 0 Å². The Balaban J connectivity index is 1.66. The monoisotopic (exact) mass is 317 g/mol. The first-order valence-electron chi connectivity index (χ1n) is 7.03. The van der Waals surface area contributed by atoms with Crippen LogP contribution < -0.4 is 10.1 Å². The van der Waals surface area contributed by atoms with Crippen molar-refractivity contribution in [1.29, 1.82) is 0 Å². The van der Waals surface area contributed by atoms with E-state index in [1.807, 2.05) is 0 Å². The number of ether oxygens (including phenoxy) is 1. The minimum atomic E-state index is -0.559. The van der Waals surface area contributed by atoms with E-state index in [1.54, 1.807) is 18.2 Å². The summed E-state index contributed by atoms with van der Waals surface area (Å²) in [5.74, 6) is 2.07. The van der Waals surface area contributed by atoms with Crippen LogP contribution in [0.4, 0.5) is 0 Å². The van der Waals surface area contributed by atoms with Crippen LogP contribution in [0.1, 0.15) is 19.8 Å². The molecule has 0 bridgehead atoms. The van der Waals surface area contributed by atoms with E-state index < -0.39 is 6.10 Å². The zero-order chi connectivity index (χ0) is 14.5. The lowest BCUT2D eigenvalue weighted by Crippen LogP contribution is -2.34. The van der Waals surface area contributed by atoms with E-state index in [0.717, 1.165) is 12.5 Å². The summed E-state index contributed by atoms with van der Waals surface area (Å²) < 4.78 is 5.49. The molecule has 0 radical (unpaired) electrons. The maximum Gasteiger partial charge on any atom is 0.139 e. The molecular formula is C15H21Cl2NO2. The molecule has 0 spiro atoms. The van der Waals surface area contributed by atoms with Crippen molar-refractivity contribution in [2.75, 3.05) is 19.7 Å². The van der Waals surface area contributed by atoms with Crippen molar-refractivity contribution < 1.29 is 9.84 Å². The van der Waals surface area contributed by atoms with Crippen molar-refractivity contribution in [2.45, 2.75) is 25.9 Å². The van der Waals surface area contributed by atoms with E-state index in [1.165, 1.54) is 12.8 Å². The quantitative estimate of drug-likeness (QED) is 0.772. The van der Waals surface area contributed by atoms with Gasteiger partial charge in [-0.2, -0.15) is 0 Å². The first kappa shape index (κ1) is 15.9. The van der Waals surface area contributed by atoms with Gasteiger partial charge >= 0.3 is 0 Å². The van der Waals surface area contributed by atoms with Gasteiger partial charge in [0.15, 0.2) is 0 Å². The highest BCUT2D eigenvalue weighted by Crippen LogP contribution is 2.36. The smallest absolute Gasteiger partial charge is 0.139 e. The summed E-state index contributed by atoms with van der Waals surface area (Å²) in [6.45, 7) is 3.92. The second-order valence-corrected chi connectivity index (χ2v) is 6.36. The van der Waals surface area contributed by atoms with Crippen molar-refractivity contribution in [2.24, 2.45) is 11.8 Å². The summed E-state index contributed by atoms with van der Waals surface area (Å²) in [5.41, 5.74) is 0. The zero-order valence-corrected chi connectivity index (χ0v) is 13.1. The van der Waals surface area contributed by atoms with Gasteiger partial charge in [-0.05, 0) is 43.4 Å². The van der Waals surface area contributed by atoms with Crippen LogP contribution in [0.2, 0.25) is 10.0 Å². The summed E-state index contributed by atoms with van der Waals surface area (Å²) in [4.78, 5) is 0. The lowest BCUT2D eigenvalue weighted by Gasteiger charge is -2.16. The number of aliphatic hydroxyl groups excluding tert-OH is 1. The Morgan fingerprint density at radius 2 is 2.10 bits per heavy atom. The Kier molecular flexibility index (Phi) is 5.97. The molecule has 1 aliphatic carbocycles.